The summed E-state index contributed by atoms with van der Waals surface area (Å²) in [7, 11) is 1.88. The van der Waals surface area contributed by atoms with Crippen LogP contribution in [0, 0.1) is 0 Å². The Hall–Kier alpha value is -3.66. The van der Waals surface area contributed by atoms with Crippen LogP contribution in [0.4, 0.5) is 4.79 Å². The largest absolute Gasteiger partial charge is 0.444 e. The van der Waals surface area contributed by atoms with Gasteiger partial charge in [-0.05, 0) is 45.2 Å². The molecule has 1 amide bonds. The van der Waals surface area contributed by atoms with Crippen molar-refractivity contribution in [1.29, 1.82) is 0 Å². The summed E-state index contributed by atoms with van der Waals surface area (Å²) in [6, 6.07) is 11.5. The number of thiophene rings is 1. The van der Waals surface area contributed by atoms with Crippen molar-refractivity contribution in [2.45, 2.75) is 51.8 Å². The first kappa shape index (κ1) is 25.0. The predicted molar refractivity (Wildman–Crippen MR) is 144 cm³/mol. The molecule has 0 radical (unpaired) electrons. The number of rotatable bonds is 4. The molecule has 194 valence electrons. The third-order valence-corrected chi connectivity index (χ3v) is 7.77. The van der Waals surface area contributed by atoms with E-state index in [0.29, 0.717) is 36.1 Å². The van der Waals surface area contributed by atoms with Crippen molar-refractivity contribution in [2.75, 3.05) is 13.1 Å². The topological polar surface area (TPSA) is 91.4 Å². The van der Waals surface area contributed by atoms with Gasteiger partial charge in [0.25, 0.3) is 5.56 Å². The first-order valence-corrected chi connectivity index (χ1v) is 13.2. The summed E-state index contributed by atoms with van der Waals surface area (Å²) in [5.74, 6) is 0.723. The van der Waals surface area contributed by atoms with E-state index in [9.17, 15) is 14.4 Å². The summed E-state index contributed by atoms with van der Waals surface area (Å²) < 4.78 is 11.0. The molecule has 0 N–H and O–H groups in total. The van der Waals surface area contributed by atoms with Crippen molar-refractivity contribution in [3.63, 3.8) is 0 Å². The molecule has 4 heterocycles. The number of aryl methyl sites for hydroxylation is 1. The maximum atomic E-state index is 13.9. The number of piperidine rings is 1. The first-order chi connectivity index (χ1) is 17.6. The van der Waals surface area contributed by atoms with Gasteiger partial charge in [0.1, 0.15) is 16.1 Å². The van der Waals surface area contributed by atoms with Gasteiger partial charge in [-0.2, -0.15) is 0 Å². The summed E-state index contributed by atoms with van der Waals surface area (Å²) in [5.41, 5.74) is 0.401. The Morgan fingerprint density at radius 3 is 2.46 bits per heavy atom. The van der Waals surface area contributed by atoms with Crippen molar-refractivity contribution in [2.24, 2.45) is 7.05 Å². The molecule has 0 spiro atoms. The van der Waals surface area contributed by atoms with E-state index in [-0.39, 0.29) is 29.9 Å². The lowest BCUT2D eigenvalue weighted by atomic mass is 10.1. The van der Waals surface area contributed by atoms with Crippen LogP contribution < -0.4 is 11.2 Å². The number of likely N-dealkylation sites (tertiary alicyclic amines) is 1. The van der Waals surface area contributed by atoms with Gasteiger partial charge in [0.15, 0.2) is 0 Å². The maximum absolute atomic E-state index is 13.9. The normalized spacial score (nSPS) is 14.9. The minimum atomic E-state index is -0.579. The van der Waals surface area contributed by atoms with E-state index in [1.807, 2.05) is 75.0 Å². The van der Waals surface area contributed by atoms with Crippen molar-refractivity contribution in [1.82, 2.24) is 23.6 Å². The van der Waals surface area contributed by atoms with Gasteiger partial charge in [0.05, 0.1) is 12.1 Å². The smallest absolute Gasteiger partial charge is 0.410 e. The fourth-order valence-corrected chi connectivity index (χ4v) is 5.81. The molecule has 0 saturated carbocycles. The van der Waals surface area contributed by atoms with Crippen LogP contribution in [0.3, 0.4) is 0 Å². The summed E-state index contributed by atoms with van der Waals surface area (Å²) in [5, 5.41) is 0. The zero-order valence-corrected chi connectivity index (χ0v) is 22.3. The Bertz CT molecular complexity index is 1550. The molecule has 1 saturated heterocycles. The number of carbonyl (C=O) groups excluding carboxylic acids is 1. The van der Waals surface area contributed by atoms with E-state index in [1.165, 1.54) is 15.9 Å². The third-order valence-electron chi connectivity index (χ3n) is 6.61. The second-order valence-electron chi connectivity index (χ2n) is 10.4. The fraction of sp³-hybridized carbons (Fsp3) is 0.407. The van der Waals surface area contributed by atoms with Gasteiger partial charge < -0.3 is 14.2 Å². The van der Waals surface area contributed by atoms with Crippen LogP contribution in [0.5, 0.6) is 0 Å². The van der Waals surface area contributed by atoms with Crippen LogP contribution in [-0.4, -0.2) is 48.4 Å². The van der Waals surface area contributed by atoms with E-state index in [0.717, 1.165) is 16.3 Å². The van der Waals surface area contributed by atoms with E-state index in [1.54, 1.807) is 15.7 Å². The molecule has 37 heavy (non-hydrogen) atoms. The Balaban J connectivity index is 1.55. The number of aromatic nitrogens is 4. The van der Waals surface area contributed by atoms with Crippen LogP contribution in [-0.2, 0) is 18.3 Å². The Kier molecular flexibility index (Phi) is 6.53. The number of hydrogen-bond donors (Lipinski definition) is 0. The lowest BCUT2D eigenvalue weighted by Crippen LogP contribution is -2.47. The molecule has 0 bridgehead atoms. The van der Waals surface area contributed by atoms with Gasteiger partial charge in [-0.15, -0.1) is 11.3 Å². The van der Waals surface area contributed by atoms with Gasteiger partial charge in [0, 0.05) is 43.4 Å². The summed E-state index contributed by atoms with van der Waals surface area (Å²) in [6.45, 7) is 6.59. The average Bonchev–Trinajstić information content (AvgIpc) is 3.48. The van der Waals surface area contributed by atoms with E-state index >= 15 is 0 Å². The highest BCUT2D eigenvalue weighted by atomic mass is 32.1. The molecule has 1 aromatic carbocycles. The highest BCUT2D eigenvalue weighted by Crippen LogP contribution is 2.32. The molecule has 0 unspecified atom stereocenters. The molecular weight excluding hydrogens is 490 g/mol. The van der Waals surface area contributed by atoms with Gasteiger partial charge in [-0.25, -0.2) is 14.6 Å². The number of nitrogens with zero attached hydrogens (tertiary/aromatic N) is 5. The maximum Gasteiger partial charge on any atom is 0.410 e. The first-order valence-electron chi connectivity index (χ1n) is 12.4. The van der Waals surface area contributed by atoms with Crippen LogP contribution in [0.15, 0.2) is 58.4 Å². The van der Waals surface area contributed by atoms with Crippen LogP contribution >= 0.6 is 11.3 Å². The molecule has 4 aromatic rings. The molecular formula is C27H31N5O4S. The summed E-state index contributed by atoms with van der Waals surface area (Å²) >= 11 is 1.40. The van der Waals surface area contributed by atoms with Gasteiger partial charge in [-0.3, -0.25) is 13.9 Å². The molecule has 9 nitrogen and oxygen atoms in total. The third kappa shape index (κ3) is 4.98. The van der Waals surface area contributed by atoms with Crippen molar-refractivity contribution < 1.29 is 9.53 Å². The lowest BCUT2D eigenvalue weighted by molar-refractivity contribution is 0.0186. The SMILES string of the molecule is Cn1ccnc1Cn1c(=O)n(C2CCN(C(=O)OC(C)(C)C)CC2)c(=O)c2sc(-c3ccccc3)cc21. The van der Waals surface area contributed by atoms with Gasteiger partial charge in [0.2, 0.25) is 0 Å². The molecule has 5 rings (SSSR count). The highest BCUT2D eigenvalue weighted by Gasteiger charge is 2.30. The van der Waals surface area contributed by atoms with Crippen LogP contribution in [0.25, 0.3) is 20.7 Å². The minimum Gasteiger partial charge on any atom is -0.444 e. The molecule has 1 aliphatic rings. The number of ether oxygens (including phenoxy) is 1. The highest BCUT2D eigenvalue weighted by molar-refractivity contribution is 7.22. The minimum absolute atomic E-state index is 0.251. The molecule has 3 aromatic heterocycles. The number of imidazole rings is 1. The number of hydrogen-bond acceptors (Lipinski definition) is 6. The van der Waals surface area contributed by atoms with Crippen molar-refractivity contribution in [3.05, 3.63) is 75.5 Å². The van der Waals surface area contributed by atoms with E-state index < -0.39 is 5.60 Å². The summed E-state index contributed by atoms with van der Waals surface area (Å²) in [6.07, 6.45) is 4.16. The zero-order valence-electron chi connectivity index (χ0n) is 21.5. The molecule has 1 fully saturated rings. The zero-order chi connectivity index (χ0) is 26.3. The predicted octanol–water partition coefficient (Wildman–Crippen LogP) is 4.25. The Morgan fingerprint density at radius 2 is 1.84 bits per heavy atom. The molecule has 10 heteroatoms. The van der Waals surface area contributed by atoms with Crippen LogP contribution in [0.1, 0.15) is 45.5 Å². The Labute approximate surface area is 218 Å². The Morgan fingerprint density at radius 1 is 1.14 bits per heavy atom. The summed E-state index contributed by atoms with van der Waals surface area (Å²) in [4.78, 5) is 47.1. The van der Waals surface area contributed by atoms with Crippen LogP contribution in [0.2, 0.25) is 0 Å². The molecule has 0 aliphatic carbocycles. The van der Waals surface area contributed by atoms with Gasteiger partial charge >= 0.3 is 11.8 Å². The fourth-order valence-electron chi connectivity index (χ4n) is 4.71. The number of benzene rings is 1. The quantitative estimate of drug-likeness (QED) is 0.401. The molecule has 1 aliphatic heterocycles. The number of fused-ring (bicyclic) bond motifs is 1. The van der Waals surface area contributed by atoms with Gasteiger partial charge in [-0.1, -0.05) is 30.3 Å². The van der Waals surface area contributed by atoms with E-state index in [2.05, 4.69) is 4.98 Å². The van der Waals surface area contributed by atoms with Crippen molar-refractivity contribution in [3.8, 4) is 10.4 Å². The number of carbonyl (C=O) groups is 1. The van der Waals surface area contributed by atoms with E-state index in [4.69, 9.17) is 4.74 Å². The van der Waals surface area contributed by atoms with Crippen molar-refractivity contribution >= 4 is 27.6 Å². The number of amides is 1. The average molecular weight is 522 g/mol. The standard InChI is InChI=1S/C27H31N5O4S/c1-27(2,3)36-26(35)30-13-10-19(11-14-30)32-24(33)23-20(16-21(37-23)18-8-6-5-7-9-18)31(25(32)34)17-22-28-12-15-29(22)4/h5-9,12,15-16,19H,10-11,13-14,17H2,1-4H3. The second kappa shape index (κ2) is 9.66. The monoisotopic (exact) mass is 521 g/mol. The molecule has 0 atom stereocenters. The lowest BCUT2D eigenvalue weighted by Gasteiger charge is -2.34. The second-order valence-corrected chi connectivity index (χ2v) is 11.4.